The molecule has 0 radical (unpaired) electrons. The fourth-order valence-corrected chi connectivity index (χ4v) is 3.02. The van der Waals surface area contributed by atoms with Crippen molar-refractivity contribution in [2.75, 3.05) is 13.3 Å². The first-order valence-electron chi connectivity index (χ1n) is 8.19. The average molecular weight is 322 g/mol. The van der Waals surface area contributed by atoms with Crippen molar-refractivity contribution in [3.63, 3.8) is 0 Å². The Morgan fingerprint density at radius 2 is 1.05 bits per heavy atom. The van der Waals surface area contributed by atoms with Crippen molar-refractivity contribution in [3.8, 4) is 5.75 Å². The van der Waals surface area contributed by atoms with Crippen LogP contribution >= 0.6 is 8.15 Å². The Balaban J connectivity index is 3.78. The van der Waals surface area contributed by atoms with E-state index in [1.807, 2.05) is 0 Å². The fraction of sp³-hybridized carbons (Fsp3) is 0.700. The lowest BCUT2D eigenvalue weighted by molar-refractivity contribution is 0.496. The van der Waals surface area contributed by atoms with Crippen LogP contribution in [0.1, 0.15) is 79.0 Å². The second-order valence-electron chi connectivity index (χ2n) is 9.55. The highest BCUT2D eigenvalue weighted by molar-refractivity contribution is 7.51. The molecular formula is C20H35OP. The zero-order chi connectivity index (χ0) is 17.5. The van der Waals surface area contributed by atoms with Gasteiger partial charge in [-0.1, -0.05) is 74.4 Å². The lowest BCUT2D eigenvalue weighted by Gasteiger charge is -2.33. The summed E-state index contributed by atoms with van der Waals surface area (Å²) < 4.78 is 6.36. The van der Waals surface area contributed by atoms with Crippen molar-refractivity contribution in [2.24, 2.45) is 0 Å². The molecule has 0 unspecified atom stereocenters. The Kier molecular flexibility index (Phi) is 5.46. The number of hydrogen-bond donors (Lipinski definition) is 0. The van der Waals surface area contributed by atoms with E-state index in [0.29, 0.717) is 0 Å². The van der Waals surface area contributed by atoms with Gasteiger partial charge in [-0.25, -0.2) is 0 Å². The van der Waals surface area contributed by atoms with E-state index < -0.39 is 8.15 Å². The van der Waals surface area contributed by atoms with E-state index in [9.17, 15) is 0 Å². The lowest BCUT2D eigenvalue weighted by Crippen LogP contribution is -2.22. The summed E-state index contributed by atoms with van der Waals surface area (Å²) in [5, 5.41) is 0. The summed E-state index contributed by atoms with van der Waals surface area (Å²) in [5.41, 5.74) is 4.35. The fourth-order valence-electron chi connectivity index (χ4n) is 2.46. The summed E-state index contributed by atoms with van der Waals surface area (Å²) in [6, 6.07) is 4.73. The Morgan fingerprint density at radius 3 is 1.27 bits per heavy atom. The molecule has 0 saturated heterocycles. The topological polar surface area (TPSA) is 9.23 Å². The molecular weight excluding hydrogens is 287 g/mol. The van der Waals surface area contributed by atoms with E-state index in [2.05, 4.69) is 87.8 Å². The molecule has 1 rings (SSSR count). The third kappa shape index (κ3) is 4.72. The molecule has 0 N–H and O–H groups in total. The smallest absolute Gasteiger partial charge is 0.130 e. The summed E-state index contributed by atoms with van der Waals surface area (Å²) in [7, 11) is -0.441. The summed E-state index contributed by atoms with van der Waals surface area (Å²) in [6.45, 7) is 24.9. The zero-order valence-corrected chi connectivity index (χ0v) is 17.4. The maximum absolute atomic E-state index is 6.36. The van der Waals surface area contributed by atoms with Crippen molar-refractivity contribution in [3.05, 3.63) is 28.8 Å². The monoisotopic (exact) mass is 322 g/mol. The van der Waals surface area contributed by atoms with Gasteiger partial charge >= 0.3 is 0 Å². The van der Waals surface area contributed by atoms with Crippen LogP contribution in [0.4, 0.5) is 0 Å². The van der Waals surface area contributed by atoms with Crippen LogP contribution in [-0.2, 0) is 16.2 Å². The minimum absolute atomic E-state index is 0.0714. The second kappa shape index (κ2) is 6.16. The van der Waals surface area contributed by atoms with Gasteiger partial charge in [0.25, 0.3) is 0 Å². The largest absolute Gasteiger partial charge is 0.474 e. The van der Waals surface area contributed by atoms with E-state index in [0.717, 1.165) is 5.75 Å². The zero-order valence-electron chi connectivity index (χ0n) is 16.5. The van der Waals surface area contributed by atoms with Gasteiger partial charge in [0.2, 0.25) is 0 Å². The number of rotatable bonds is 2. The molecule has 22 heavy (non-hydrogen) atoms. The molecule has 0 aliphatic rings. The van der Waals surface area contributed by atoms with Gasteiger partial charge in [-0.15, -0.1) is 0 Å². The standard InChI is InChI=1S/C20H35OP/c1-18(2,3)14-12-15(19(4,5)6)17(21-22(10)11)16(13-14)20(7,8)9/h12-13H,1-11H3. The third-order valence-corrected chi connectivity index (χ3v) is 4.39. The summed E-state index contributed by atoms with van der Waals surface area (Å²) in [5.74, 6) is 1.11. The molecule has 0 bridgehead atoms. The molecule has 0 aliphatic carbocycles. The Labute approximate surface area is 139 Å². The molecule has 2 heteroatoms. The number of benzene rings is 1. The van der Waals surface area contributed by atoms with Crippen LogP contribution in [0.25, 0.3) is 0 Å². The first-order valence-corrected chi connectivity index (χ1v) is 10.3. The van der Waals surface area contributed by atoms with Gasteiger partial charge in [0.15, 0.2) is 0 Å². The van der Waals surface area contributed by atoms with Crippen LogP contribution in [0.3, 0.4) is 0 Å². The minimum atomic E-state index is -0.441. The average Bonchev–Trinajstić information content (AvgIpc) is 2.23. The van der Waals surface area contributed by atoms with Crippen molar-refractivity contribution >= 4 is 8.15 Å². The highest BCUT2D eigenvalue weighted by Crippen LogP contribution is 2.46. The van der Waals surface area contributed by atoms with Crippen LogP contribution in [-0.4, -0.2) is 13.3 Å². The molecule has 0 saturated carbocycles. The molecule has 0 fully saturated rings. The van der Waals surface area contributed by atoms with Crippen molar-refractivity contribution in [1.82, 2.24) is 0 Å². The SMILES string of the molecule is CP(C)Oc1c(C(C)(C)C)cc(C(C)(C)C)cc1C(C)(C)C. The van der Waals surface area contributed by atoms with E-state index in [1.54, 1.807) is 0 Å². The maximum Gasteiger partial charge on any atom is 0.130 e. The van der Waals surface area contributed by atoms with Gasteiger partial charge in [-0.3, -0.25) is 0 Å². The van der Waals surface area contributed by atoms with Gasteiger partial charge in [0, 0.05) is 11.1 Å². The molecule has 1 nitrogen and oxygen atoms in total. The molecule has 0 heterocycles. The van der Waals surface area contributed by atoms with Crippen molar-refractivity contribution in [2.45, 2.75) is 78.6 Å². The molecule has 126 valence electrons. The highest BCUT2D eigenvalue weighted by atomic mass is 31.1. The van der Waals surface area contributed by atoms with Crippen molar-refractivity contribution in [1.29, 1.82) is 0 Å². The van der Waals surface area contributed by atoms with Crippen LogP contribution in [0.2, 0.25) is 0 Å². The molecule has 0 amide bonds. The second-order valence-corrected chi connectivity index (χ2v) is 11.4. The Hall–Kier alpha value is -0.550. The van der Waals surface area contributed by atoms with E-state index in [-0.39, 0.29) is 16.2 Å². The predicted octanol–water partition coefficient (Wildman–Crippen LogP) is 6.61. The first-order chi connectivity index (χ1) is 9.64. The number of hydrogen-bond acceptors (Lipinski definition) is 1. The maximum atomic E-state index is 6.36. The molecule has 0 aromatic heterocycles. The predicted molar refractivity (Wildman–Crippen MR) is 102 cm³/mol. The molecule has 0 aliphatic heterocycles. The lowest BCUT2D eigenvalue weighted by atomic mass is 9.75. The highest BCUT2D eigenvalue weighted by Gasteiger charge is 2.30. The van der Waals surface area contributed by atoms with E-state index in [4.69, 9.17) is 4.52 Å². The van der Waals surface area contributed by atoms with Gasteiger partial charge in [-0.2, -0.15) is 0 Å². The Bertz CT molecular complexity index is 487. The minimum Gasteiger partial charge on any atom is -0.474 e. The molecule has 1 aromatic carbocycles. The quantitative estimate of drug-likeness (QED) is 0.556. The van der Waals surface area contributed by atoms with E-state index >= 15 is 0 Å². The summed E-state index contributed by atoms with van der Waals surface area (Å²) in [4.78, 5) is 0. The van der Waals surface area contributed by atoms with Crippen LogP contribution in [0.15, 0.2) is 12.1 Å². The van der Waals surface area contributed by atoms with Gasteiger partial charge in [-0.05, 0) is 35.1 Å². The normalized spacial score (nSPS) is 13.6. The van der Waals surface area contributed by atoms with Crippen LogP contribution < -0.4 is 4.52 Å². The first kappa shape index (κ1) is 19.5. The van der Waals surface area contributed by atoms with Crippen LogP contribution in [0.5, 0.6) is 5.75 Å². The van der Waals surface area contributed by atoms with Gasteiger partial charge in [0.05, 0.1) is 8.15 Å². The van der Waals surface area contributed by atoms with Gasteiger partial charge < -0.3 is 4.52 Å². The van der Waals surface area contributed by atoms with E-state index in [1.165, 1.54) is 16.7 Å². The van der Waals surface area contributed by atoms with Crippen LogP contribution in [0, 0.1) is 0 Å². The molecule has 1 aromatic rings. The molecule has 0 atom stereocenters. The summed E-state index contributed by atoms with van der Waals surface area (Å²) >= 11 is 0. The third-order valence-electron chi connectivity index (χ3n) is 3.84. The summed E-state index contributed by atoms with van der Waals surface area (Å²) in [6.07, 6.45) is 0. The van der Waals surface area contributed by atoms with Crippen molar-refractivity contribution < 1.29 is 4.52 Å². The molecule has 0 spiro atoms. The Morgan fingerprint density at radius 1 is 0.682 bits per heavy atom. The van der Waals surface area contributed by atoms with Gasteiger partial charge in [0.1, 0.15) is 5.75 Å².